The summed E-state index contributed by atoms with van der Waals surface area (Å²) in [6, 6.07) is 24.9. The molecule has 1 heterocycles. The van der Waals surface area contributed by atoms with Crippen LogP contribution in [0.5, 0.6) is 0 Å². The maximum absolute atomic E-state index is 13.3. The van der Waals surface area contributed by atoms with Crippen molar-refractivity contribution in [1.29, 1.82) is 0 Å². The van der Waals surface area contributed by atoms with Crippen molar-refractivity contribution in [1.82, 2.24) is 4.90 Å². The molecule has 1 N–H and O–H groups in total. The lowest BCUT2D eigenvalue weighted by Gasteiger charge is -2.30. The summed E-state index contributed by atoms with van der Waals surface area (Å²) in [4.78, 5) is 30.5. The number of nitrogens with one attached hydrogen (secondary N) is 1. The Bertz CT molecular complexity index is 1110. The number of carbonyl (C=O) groups excluding carboxylic acids is 2. The van der Waals surface area contributed by atoms with E-state index in [1.165, 1.54) is 0 Å². The molecule has 1 saturated heterocycles. The number of rotatable bonds is 8. The molecule has 0 aromatic heterocycles. The van der Waals surface area contributed by atoms with E-state index < -0.39 is 6.04 Å². The smallest absolute Gasteiger partial charge is 0.246 e. The van der Waals surface area contributed by atoms with Crippen LogP contribution in [-0.2, 0) is 27.3 Å². The van der Waals surface area contributed by atoms with Crippen molar-refractivity contribution in [2.45, 2.75) is 32.9 Å². The van der Waals surface area contributed by atoms with Crippen LogP contribution in [-0.4, -0.2) is 49.1 Å². The number of morpholine rings is 1. The molecule has 6 nitrogen and oxygen atoms in total. The van der Waals surface area contributed by atoms with Crippen LogP contribution in [0.2, 0.25) is 0 Å². The monoisotopic (exact) mass is 471 g/mol. The van der Waals surface area contributed by atoms with Gasteiger partial charge in [-0.05, 0) is 49.2 Å². The average Bonchev–Trinajstić information content (AvgIpc) is 2.89. The minimum atomic E-state index is -0.633. The zero-order chi connectivity index (χ0) is 24.6. The van der Waals surface area contributed by atoms with E-state index in [1.807, 2.05) is 85.8 Å². The Hall–Kier alpha value is -3.64. The maximum Gasteiger partial charge on any atom is 0.246 e. The van der Waals surface area contributed by atoms with Crippen molar-refractivity contribution in [3.05, 3.63) is 95.6 Å². The normalized spacial score (nSPS) is 14.3. The Morgan fingerprint density at radius 3 is 2.23 bits per heavy atom. The molecule has 0 spiro atoms. The molecule has 1 aliphatic rings. The lowest BCUT2D eigenvalue weighted by Crippen LogP contribution is -2.45. The van der Waals surface area contributed by atoms with E-state index in [0.29, 0.717) is 12.2 Å². The first-order valence-electron chi connectivity index (χ1n) is 12.1. The second-order valence-electron chi connectivity index (χ2n) is 8.98. The molecule has 0 radical (unpaired) electrons. The molecule has 0 aliphatic carbocycles. The number of nitrogens with zero attached hydrogens (tertiary/aromatic N) is 2. The summed E-state index contributed by atoms with van der Waals surface area (Å²) in [7, 11) is 0. The van der Waals surface area contributed by atoms with Gasteiger partial charge in [-0.3, -0.25) is 9.59 Å². The van der Waals surface area contributed by atoms with Gasteiger partial charge in [-0.25, -0.2) is 0 Å². The van der Waals surface area contributed by atoms with Crippen molar-refractivity contribution in [3.8, 4) is 0 Å². The van der Waals surface area contributed by atoms with Gasteiger partial charge in [0.1, 0.15) is 6.04 Å². The molecule has 0 saturated carbocycles. The van der Waals surface area contributed by atoms with E-state index in [9.17, 15) is 9.59 Å². The van der Waals surface area contributed by atoms with Crippen molar-refractivity contribution in [3.63, 3.8) is 0 Å². The van der Waals surface area contributed by atoms with Crippen molar-refractivity contribution >= 4 is 23.2 Å². The van der Waals surface area contributed by atoms with Crippen LogP contribution in [0.1, 0.15) is 23.6 Å². The van der Waals surface area contributed by atoms with E-state index in [2.05, 4.69) is 10.2 Å². The average molecular weight is 472 g/mol. The zero-order valence-corrected chi connectivity index (χ0v) is 20.4. The SMILES string of the molecule is Cc1ccc(CN(C(=O)Cc2ccccc2)C(C)C(=O)Nc2ccc(N3CCOCC3)cc2)cc1. The van der Waals surface area contributed by atoms with Gasteiger partial charge in [-0.1, -0.05) is 60.2 Å². The van der Waals surface area contributed by atoms with Crippen LogP contribution in [0.15, 0.2) is 78.9 Å². The Morgan fingerprint density at radius 1 is 0.914 bits per heavy atom. The Morgan fingerprint density at radius 2 is 1.57 bits per heavy atom. The summed E-state index contributed by atoms with van der Waals surface area (Å²) >= 11 is 0. The second-order valence-corrected chi connectivity index (χ2v) is 8.98. The van der Waals surface area contributed by atoms with E-state index in [1.54, 1.807) is 11.8 Å². The Balaban J connectivity index is 1.46. The number of carbonyl (C=O) groups is 2. The molecule has 0 bridgehead atoms. The van der Waals surface area contributed by atoms with Gasteiger partial charge in [-0.15, -0.1) is 0 Å². The minimum Gasteiger partial charge on any atom is -0.378 e. The number of aryl methyl sites for hydroxylation is 1. The quantitative estimate of drug-likeness (QED) is 0.528. The second kappa shape index (κ2) is 11.7. The van der Waals surface area contributed by atoms with Gasteiger partial charge in [0, 0.05) is 31.0 Å². The molecule has 3 aromatic rings. The molecule has 6 heteroatoms. The van der Waals surface area contributed by atoms with Gasteiger partial charge < -0.3 is 19.9 Å². The summed E-state index contributed by atoms with van der Waals surface area (Å²) in [5.74, 6) is -0.292. The molecular weight excluding hydrogens is 438 g/mol. The van der Waals surface area contributed by atoms with Gasteiger partial charge >= 0.3 is 0 Å². The highest BCUT2D eigenvalue weighted by Gasteiger charge is 2.26. The first-order valence-corrected chi connectivity index (χ1v) is 12.1. The van der Waals surface area contributed by atoms with Crippen LogP contribution in [0.4, 0.5) is 11.4 Å². The molecule has 1 aliphatic heterocycles. The first kappa shape index (κ1) is 24.5. The van der Waals surface area contributed by atoms with E-state index in [4.69, 9.17) is 4.74 Å². The van der Waals surface area contributed by atoms with Gasteiger partial charge in [0.2, 0.25) is 11.8 Å². The predicted molar refractivity (Wildman–Crippen MR) is 139 cm³/mol. The molecule has 1 unspecified atom stereocenters. The van der Waals surface area contributed by atoms with Crippen LogP contribution >= 0.6 is 0 Å². The number of amides is 2. The third kappa shape index (κ3) is 6.70. The standard InChI is InChI=1S/C29H33N3O3/c1-22-8-10-25(11-9-22)21-32(28(33)20-24-6-4-3-5-7-24)23(2)29(34)30-26-12-14-27(15-13-26)31-16-18-35-19-17-31/h3-15,23H,16-21H2,1-2H3,(H,30,34). The number of hydrogen-bond acceptors (Lipinski definition) is 4. The summed E-state index contributed by atoms with van der Waals surface area (Å²) in [6.45, 7) is 7.36. The van der Waals surface area contributed by atoms with Crippen molar-refractivity contribution in [2.75, 3.05) is 36.5 Å². The highest BCUT2D eigenvalue weighted by atomic mass is 16.5. The van der Waals surface area contributed by atoms with Crippen LogP contribution in [0.3, 0.4) is 0 Å². The fraction of sp³-hybridized carbons (Fsp3) is 0.310. The summed E-state index contributed by atoms with van der Waals surface area (Å²) in [6.07, 6.45) is 0.249. The van der Waals surface area contributed by atoms with Crippen LogP contribution in [0.25, 0.3) is 0 Å². The van der Waals surface area contributed by atoms with Crippen molar-refractivity contribution in [2.24, 2.45) is 0 Å². The lowest BCUT2D eigenvalue weighted by molar-refractivity contribution is -0.138. The largest absolute Gasteiger partial charge is 0.378 e. The summed E-state index contributed by atoms with van der Waals surface area (Å²) in [5, 5.41) is 2.99. The fourth-order valence-electron chi connectivity index (χ4n) is 4.17. The number of ether oxygens (including phenoxy) is 1. The van der Waals surface area contributed by atoms with Crippen molar-refractivity contribution < 1.29 is 14.3 Å². The van der Waals surface area contributed by atoms with Gasteiger partial charge in [-0.2, -0.15) is 0 Å². The molecule has 2 amide bonds. The first-order chi connectivity index (χ1) is 17.0. The molecule has 1 fully saturated rings. The highest BCUT2D eigenvalue weighted by Crippen LogP contribution is 2.20. The van der Waals surface area contributed by atoms with E-state index in [-0.39, 0.29) is 18.2 Å². The highest BCUT2D eigenvalue weighted by molar-refractivity contribution is 5.97. The molecule has 35 heavy (non-hydrogen) atoms. The topological polar surface area (TPSA) is 61.9 Å². The number of benzene rings is 3. The molecule has 1 atom stereocenters. The Labute approximate surface area is 207 Å². The van der Waals surface area contributed by atoms with E-state index >= 15 is 0 Å². The van der Waals surface area contributed by atoms with Gasteiger partial charge in [0.15, 0.2) is 0 Å². The summed E-state index contributed by atoms with van der Waals surface area (Å²) < 4.78 is 5.42. The molecule has 3 aromatic carbocycles. The number of hydrogen-bond donors (Lipinski definition) is 1. The minimum absolute atomic E-state index is 0.0814. The molecular formula is C29H33N3O3. The molecule has 182 valence electrons. The molecule has 4 rings (SSSR count). The third-order valence-electron chi connectivity index (χ3n) is 6.35. The predicted octanol–water partition coefficient (Wildman–Crippen LogP) is 4.43. The summed E-state index contributed by atoms with van der Waals surface area (Å²) in [5.41, 5.74) is 4.90. The van der Waals surface area contributed by atoms with Gasteiger partial charge in [0.05, 0.1) is 19.6 Å². The Kier molecular flexibility index (Phi) is 8.16. The van der Waals surface area contributed by atoms with E-state index in [0.717, 1.165) is 48.7 Å². The fourth-order valence-corrected chi connectivity index (χ4v) is 4.17. The van der Waals surface area contributed by atoms with Gasteiger partial charge in [0.25, 0.3) is 0 Å². The van der Waals surface area contributed by atoms with Crippen LogP contribution < -0.4 is 10.2 Å². The lowest BCUT2D eigenvalue weighted by atomic mass is 10.1. The van der Waals surface area contributed by atoms with Crippen LogP contribution in [0, 0.1) is 6.92 Å². The third-order valence-corrected chi connectivity index (χ3v) is 6.35. The zero-order valence-electron chi connectivity index (χ0n) is 20.4. The maximum atomic E-state index is 13.3. The number of anilines is 2.